The highest BCUT2D eigenvalue weighted by molar-refractivity contribution is 9.09. The van der Waals surface area contributed by atoms with Crippen molar-refractivity contribution in [2.75, 3.05) is 5.33 Å². The Balaban J connectivity index is 2.73. The minimum Gasteiger partial charge on any atom is -0.261 e. The molecule has 0 amide bonds. The lowest BCUT2D eigenvalue weighted by Gasteiger charge is -1.92. The topological polar surface area (TPSA) is 12.9 Å². The van der Waals surface area contributed by atoms with Crippen LogP contribution in [0.1, 0.15) is 11.3 Å². The van der Waals surface area contributed by atoms with Gasteiger partial charge in [-0.2, -0.15) is 0 Å². The van der Waals surface area contributed by atoms with E-state index in [9.17, 15) is 0 Å². The van der Waals surface area contributed by atoms with Crippen molar-refractivity contribution in [2.24, 2.45) is 0 Å². The fraction of sp³-hybridized carbons (Fsp3) is 0.222. The summed E-state index contributed by atoms with van der Waals surface area (Å²) in [5.41, 5.74) is 2.20. The molecule has 2 heteroatoms. The molecular formula is C9H10BrN. The Morgan fingerprint density at radius 1 is 1.55 bits per heavy atom. The number of allylic oxidation sites excluding steroid dienone is 1. The second-order valence-electron chi connectivity index (χ2n) is 2.29. The molecule has 1 rings (SSSR count). The van der Waals surface area contributed by atoms with Crippen molar-refractivity contribution in [3.05, 3.63) is 35.7 Å². The van der Waals surface area contributed by atoms with Gasteiger partial charge >= 0.3 is 0 Å². The molecule has 1 aromatic heterocycles. The van der Waals surface area contributed by atoms with Gasteiger partial charge in [0.2, 0.25) is 0 Å². The van der Waals surface area contributed by atoms with Crippen LogP contribution >= 0.6 is 15.9 Å². The summed E-state index contributed by atoms with van der Waals surface area (Å²) in [7, 11) is 0. The van der Waals surface area contributed by atoms with Crippen molar-refractivity contribution in [1.29, 1.82) is 0 Å². The summed E-state index contributed by atoms with van der Waals surface area (Å²) in [6.45, 7) is 1.98. The number of hydrogen-bond donors (Lipinski definition) is 0. The van der Waals surface area contributed by atoms with Crippen molar-refractivity contribution in [3.63, 3.8) is 0 Å². The molecule has 0 unspecified atom stereocenters. The fourth-order valence-corrected chi connectivity index (χ4v) is 0.945. The average molecular weight is 212 g/mol. The fourth-order valence-electron chi connectivity index (χ4n) is 0.758. The second kappa shape index (κ2) is 4.29. The SMILES string of the molecule is Cc1ccc(/C=C/CBr)cn1. The number of alkyl halides is 1. The molecule has 1 heterocycles. The van der Waals surface area contributed by atoms with Gasteiger partial charge in [-0.05, 0) is 18.6 Å². The van der Waals surface area contributed by atoms with Crippen molar-refractivity contribution in [3.8, 4) is 0 Å². The van der Waals surface area contributed by atoms with Crippen molar-refractivity contribution >= 4 is 22.0 Å². The Morgan fingerprint density at radius 2 is 2.36 bits per heavy atom. The smallest absolute Gasteiger partial charge is 0.0373 e. The van der Waals surface area contributed by atoms with Gasteiger partial charge in [-0.3, -0.25) is 4.98 Å². The summed E-state index contributed by atoms with van der Waals surface area (Å²) in [4.78, 5) is 4.17. The summed E-state index contributed by atoms with van der Waals surface area (Å²) < 4.78 is 0. The zero-order valence-corrected chi connectivity index (χ0v) is 8.01. The van der Waals surface area contributed by atoms with Crippen LogP contribution < -0.4 is 0 Å². The lowest BCUT2D eigenvalue weighted by atomic mass is 10.2. The number of halogens is 1. The van der Waals surface area contributed by atoms with Gasteiger partial charge in [0.05, 0.1) is 0 Å². The molecule has 0 aliphatic rings. The van der Waals surface area contributed by atoms with Crippen LogP contribution in [0.25, 0.3) is 6.08 Å². The number of nitrogens with zero attached hydrogens (tertiary/aromatic N) is 1. The van der Waals surface area contributed by atoms with E-state index >= 15 is 0 Å². The largest absolute Gasteiger partial charge is 0.261 e. The first-order valence-electron chi connectivity index (χ1n) is 3.48. The molecule has 0 spiro atoms. The van der Waals surface area contributed by atoms with Gasteiger partial charge in [-0.1, -0.05) is 34.1 Å². The Hall–Kier alpha value is -0.630. The average Bonchev–Trinajstić information content (AvgIpc) is 2.04. The Labute approximate surface area is 75.3 Å². The second-order valence-corrected chi connectivity index (χ2v) is 2.94. The predicted molar refractivity (Wildman–Crippen MR) is 51.8 cm³/mol. The number of aromatic nitrogens is 1. The molecule has 0 atom stereocenters. The van der Waals surface area contributed by atoms with Gasteiger partial charge < -0.3 is 0 Å². The first-order chi connectivity index (χ1) is 5.33. The van der Waals surface area contributed by atoms with Crippen LogP contribution in [0.5, 0.6) is 0 Å². The van der Waals surface area contributed by atoms with E-state index < -0.39 is 0 Å². The highest BCUT2D eigenvalue weighted by atomic mass is 79.9. The van der Waals surface area contributed by atoms with Crippen LogP contribution in [-0.4, -0.2) is 10.3 Å². The molecule has 0 aliphatic carbocycles. The van der Waals surface area contributed by atoms with E-state index in [1.54, 1.807) is 0 Å². The molecular weight excluding hydrogens is 202 g/mol. The van der Waals surface area contributed by atoms with E-state index in [-0.39, 0.29) is 0 Å². The molecule has 1 nitrogen and oxygen atoms in total. The Morgan fingerprint density at radius 3 is 2.91 bits per heavy atom. The summed E-state index contributed by atoms with van der Waals surface area (Å²) in [6.07, 6.45) is 5.96. The van der Waals surface area contributed by atoms with Crippen LogP contribution in [0.3, 0.4) is 0 Å². The third kappa shape index (κ3) is 2.85. The van der Waals surface area contributed by atoms with Crippen molar-refractivity contribution < 1.29 is 0 Å². The van der Waals surface area contributed by atoms with Crippen LogP contribution in [0, 0.1) is 6.92 Å². The van der Waals surface area contributed by atoms with Gasteiger partial charge in [0.15, 0.2) is 0 Å². The van der Waals surface area contributed by atoms with E-state index in [2.05, 4.69) is 27.0 Å². The van der Waals surface area contributed by atoms with E-state index in [0.717, 1.165) is 16.6 Å². The first-order valence-corrected chi connectivity index (χ1v) is 4.60. The number of hydrogen-bond acceptors (Lipinski definition) is 1. The van der Waals surface area contributed by atoms with Gasteiger partial charge in [0, 0.05) is 17.2 Å². The molecule has 0 saturated heterocycles. The van der Waals surface area contributed by atoms with Crippen LogP contribution in [-0.2, 0) is 0 Å². The lowest BCUT2D eigenvalue weighted by molar-refractivity contribution is 1.19. The summed E-state index contributed by atoms with van der Waals surface area (Å²) >= 11 is 3.31. The number of aryl methyl sites for hydroxylation is 1. The molecule has 0 fully saturated rings. The summed E-state index contributed by atoms with van der Waals surface area (Å²) in [6, 6.07) is 4.06. The van der Waals surface area contributed by atoms with Crippen LogP contribution in [0.4, 0.5) is 0 Å². The summed E-state index contributed by atoms with van der Waals surface area (Å²) in [5, 5.41) is 0.890. The first kappa shape index (κ1) is 8.47. The number of pyridine rings is 1. The van der Waals surface area contributed by atoms with E-state index in [4.69, 9.17) is 0 Å². The standard InChI is InChI=1S/C9H10BrN/c1-8-4-5-9(7-11-8)3-2-6-10/h2-5,7H,6H2,1H3/b3-2+. The Bertz CT molecular complexity index is 238. The molecule has 0 aromatic carbocycles. The highest BCUT2D eigenvalue weighted by Crippen LogP contribution is 2.01. The molecule has 11 heavy (non-hydrogen) atoms. The normalized spacial score (nSPS) is 10.7. The lowest BCUT2D eigenvalue weighted by Crippen LogP contribution is -1.79. The zero-order valence-electron chi connectivity index (χ0n) is 6.42. The third-order valence-corrected chi connectivity index (χ3v) is 1.71. The molecule has 1 aromatic rings. The Kier molecular flexibility index (Phi) is 3.30. The molecule has 0 saturated carbocycles. The summed E-state index contributed by atoms with van der Waals surface area (Å²) in [5.74, 6) is 0. The minimum atomic E-state index is 0.890. The molecule has 0 bridgehead atoms. The minimum absolute atomic E-state index is 0.890. The van der Waals surface area contributed by atoms with E-state index in [1.807, 2.05) is 31.3 Å². The van der Waals surface area contributed by atoms with E-state index in [1.165, 1.54) is 0 Å². The van der Waals surface area contributed by atoms with E-state index in [0.29, 0.717) is 0 Å². The molecule has 0 aliphatic heterocycles. The van der Waals surface area contributed by atoms with Gasteiger partial charge in [-0.15, -0.1) is 0 Å². The predicted octanol–water partition coefficient (Wildman–Crippen LogP) is 2.80. The van der Waals surface area contributed by atoms with Crippen LogP contribution in [0.15, 0.2) is 24.4 Å². The quantitative estimate of drug-likeness (QED) is 0.687. The van der Waals surface area contributed by atoms with Crippen molar-refractivity contribution in [1.82, 2.24) is 4.98 Å². The monoisotopic (exact) mass is 211 g/mol. The molecule has 0 N–H and O–H groups in total. The van der Waals surface area contributed by atoms with Gasteiger partial charge in [0.25, 0.3) is 0 Å². The maximum atomic E-state index is 4.17. The van der Waals surface area contributed by atoms with Crippen LogP contribution in [0.2, 0.25) is 0 Å². The van der Waals surface area contributed by atoms with Crippen molar-refractivity contribution in [2.45, 2.75) is 6.92 Å². The maximum absolute atomic E-state index is 4.17. The highest BCUT2D eigenvalue weighted by Gasteiger charge is 1.85. The van der Waals surface area contributed by atoms with Gasteiger partial charge in [-0.25, -0.2) is 0 Å². The third-order valence-electron chi connectivity index (χ3n) is 1.33. The van der Waals surface area contributed by atoms with Gasteiger partial charge in [0.1, 0.15) is 0 Å². The zero-order chi connectivity index (χ0) is 8.10. The molecule has 0 radical (unpaired) electrons. The maximum Gasteiger partial charge on any atom is 0.0373 e. The molecule has 58 valence electrons. The number of rotatable bonds is 2.